The van der Waals surface area contributed by atoms with Crippen molar-refractivity contribution in [3.63, 3.8) is 0 Å². The molecule has 0 aliphatic rings. The standard InChI is InChI=1S/C11H16BrN3O2/c1-3-17-6-7(2)15-11(16)8-4-10(13)14-5-9(8)12/h4-5,7H,3,6H2,1-2H3,(H2,13,14)(H,15,16). The van der Waals surface area contributed by atoms with Gasteiger partial charge in [-0.2, -0.15) is 0 Å². The Labute approximate surface area is 109 Å². The fraction of sp³-hybridized carbons (Fsp3) is 0.455. The molecule has 17 heavy (non-hydrogen) atoms. The van der Waals surface area contributed by atoms with Crippen molar-refractivity contribution in [3.05, 3.63) is 22.3 Å². The lowest BCUT2D eigenvalue weighted by atomic mass is 10.2. The second kappa shape index (κ2) is 6.56. The number of anilines is 1. The number of nitrogen functional groups attached to an aromatic ring is 1. The van der Waals surface area contributed by atoms with E-state index in [1.54, 1.807) is 0 Å². The number of amides is 1. The van der Waals surface area contributed by atoms with Gasteiger partial charge < -0.3 is 15.8 Å². The molecule has 0 saturated heterocycles. The molecule has 0 radical (unpaired) electrons. The summed E-state index contributed by atoms with van der Waals surface area (Å²) in [7, 11) is 0. The van der Waals surface area contributed by atoms with Gasteiger partial charge in [-0.3, -0.25) is 4.79 Å². The first-order valence-corrected chi connectivity index (χ1v) is 6.13. The van der Waals surface area contributed by atoms with Crippen LogP contribution in [-0.2, 0) is 4.74 Å². The normalized spacial score (nSPS) is 12.2. The van der Waals surface area contributed by atoms with E-state index in [0.29, 0.717) is 29.1 Å². The molecule has 0 saturated carbocycles. The van der Waals surface area contributed by atoms with Gasteiger partial charge in [-0.05, 0) is 35.8 Å². The number of hydrogen-bond donors (Lipinski definition) is 2. The van der Waals surface area contributed by atoms with Gasteiger partial charge in [0.25, 0.3) is 5.91 Å². The van der Waals surface area contributed by atoms with Gasteiger partial charge in [0.1, 0.15) is 5.82 Å². The summed E-state index contributed by atoms with van der Waals surface area (Å²) >= 11 is 3.26. The lowest BCUT2D eigenvalue weighted by Crippen LogP contribution is -2.36. The van der Waals surface area contributed by atoms with E-state index in [4.69, 9.17) is 10.5 Å². The first-order valence-electron chi connectivity index (χ1n) is 5.34. The molecular formula is C11H16BrN3O2. The molecule has 0 aromatic carbocycles. The zero-order valence-electron chi connectivity index (χ0n) is 9.87. The number of halogens is 1. The molecule has 94 valence electrons. The van der Waals surface area contributed by atoms with Crippen LogP contribution in [0.3, 0.4) is 0 Å². The molecule has 0 aliphatic carbocycles. The highest BCUT2D eigenvalue weighted by Gasteiger charge is 2.13. The van der Waals surface area contributed by atoms with Gasteiger partial charge in [-0.25, -0.2) is 4.98 Å². The highest BCUT2D eigenvalue weighted by Crippen LogP contribution is 2.17. The summed E-state index contributed by atoms with van der Waals surface area (Å²) in [6.07, 6.45) is 1.51. The molecule has 1 aromatic heterocycles. The summed E-state index contributed by atoms with van der Waals surface area (Å²) < 4.78 is 5.84. The van der Waals surface area contributed by atoms with Gasteiger partial charge in [-0.1, -0.05) is 0 Å². The van der Waals surface area contributed by atoms with Gasteiger partial charge >= 0.3 is 0 Å². The maximum absolute atomic E-state index is 11.9. The van der Waals surface area contributed by atoms with E-state index in [9.17, 15) is 4.79 Å². The molecule has 0 aliphatic heterocycles. The van der Waals surface area contributed by atoms with E-state index >= 15 is 0 Å². The molecule has 6 heteroatoms. The number of nitrogens with one attached hydrogen (secondary N) is 1. The minimum Gasteiger partial charge on any atom is -0.384 e. The first-order chi connectivity index (χ1) is 8.04. The highest BCUT2D eigenvalue weighted by atomic mass is 79.9. The van der Waals surface area contributed by atoms with Crippen LogP contribution in [0, 0.1) is 0 Å². The smallest absolute Gasteiger partial charge is 0.252 e. The van der Waals surface area contributed by atoms with Crippen LogP contribution >= 0.6 is 15.9 Å². The number of rotatable bonds is 5. The van der Waals surface area contributed by atoms with Crippen molar-refractivity contribution in [2.24, 2.45) is 0 Å². The van der Waals surface area contributed by atoms with Crippen molar-refractivity contribution in [2.45, 2.75) is 19.9 Å². The number of pyridine rings is 1. The van der Waals surface area contributed by atoms with Crippen LogP contribution in [0.4, 0.5) is 5.82 Å². The third-order valence-corrected chi connectivity index (χ3v) is 2.70. The fourth-order valence-electron chi connectivity index (χ4n) is 1.27. The monoisotopic (exact) mass is 301 g/mol. The minimum absolute atomic E-state index is 0.0521. The Bertz CT molecular complexity index is 398. The Morgan fingerprint density at radius 2 is 2.41 bits per heavy atom. The molecular weight excluding hydrogens is 286 g/mol. The van der Waals surface area contributed by atoms with Crippen molar-refractivity contribution in [3.8, 4) is 0 Å². The minimum atomic E-state index is -0.196. The third-order valence-electron chi connectivity index (χ3n) is 2.07. The van der Waals surface area contributed by atoms with Crippen LogP contribution in [0.25, 0.3) is 0 Å². The predicted octanol–water partition coefficient (Wildman–Crippen LogP) is 1.58. The van der Waals surface area contributed by atoms with Crippen molar-refractivity contribution < 1.29 is 9.53 Å². The summed E-state index contributed by atoms with van der Waals surface area (Å²) in [6.45, 7) is 4.91. The van der Waals surface area contributed by atoms with E-state index < -0.39 is 0 Å². The average Bonchev–Trinajstić information content (AvgIpc) is 2.29. The van der Waals surface area contributed by atoms with E-state index in [-0.39, 0.29) is 11.9 Å². The van der Waals surface area contributed by atoms with E-state index in [0.717, 1.165) is 0 Å². The molecule has 1 atom stereocenters. The van der Waals surface area contributed by atoms with E-state index in [1.165, 1.54) is 12.3 Å². The van der Waals surface area contributed by atoms with Crippen LogP contribution in [0.5, 0.6) is 0 Å². The molecule has 1 unspecified atom stereocenters. The fourth-order valence-corrected chi connectivity index (χ4v) is 1.66. The molecule has 0 spiro atoms. The van der Waals surface area contributed by atoms with Crippen LogP contribution in [0.1, 0.15) is 24.2 Å². The first kappa shape index (κ1) is 13.9. The summed E-state index contributed by atoms with van der Waals surface area (Å²) in [5.41, 5.74) is 6.01. The topological polar surface area (TPSA) is 77.2 Å². The summed E-state index contributed by atoms with van der Waals surface area (Å²) in [4.78, 5) is 15.8. The number of carbonyl (C=O) groups is 1. The molecule has 1 aromatic rings. The maximum atomic E-state index is 11.9. The Hall–Kier alpha value is -1.14. The molecule has 0 bridgehead atoms. The van der Waals surface area contributed by atoms with Crippen molar-refractivity contribution in [2.75, 3.05) is 18.9 Å². The Balaban J connectivity index is 2.66. The zero-order chi connectivity index (χ0) is 12.8. The third kappa shape index (κ3) is 4.32. The molecule has 3 N–H and O–H groups in total. The number of aromatic nitrogens is 1. The quantitative estimate of drug-likeness (QED) is 0.865. The van der Waals surface area contributed by atoms with Gasteiger partial charge in [0, 0.05) is 23.3 Å². The molecule has 5 nitrogen and oxygen atoms in total. The van der Waals surface area contributed by atoms with Gasteiger partial charge in [0.05, 0.1) is 12.2 Å². The highest BCUT2D eigenvalue weighted by molar-refractivity contribution is 9.10. The van der Waals surface area contributed by atoms with Crippen LogP contribution in [-0.4, -0.2) is 30.1 Å². The van der Waals surface area contributed by atoms with Crippen molar-refractivity contribution in [1.82, 2.24) is 10.3 Å². The van der Waals surface area contributed by atoms with Gasteiger partial charge in [-0.15, -0.1) is 0 Å². The number of ether oxygens (including phenoxy) is 1. The van der Waals surface area contributed by atoms with Crippen molar-refractivity contribution in [1.29, 1.82) is 0 Å². The lowest BCUT2D eigenvalue weighted by molar-refractivity contribution is 0.0871. The largest absolute Gasteiger partial charge is 0.384 e. The molecule has 1 rings (SSSR count). The number of hydrogen-bond acceptors (Lipinski definition) is 4. The summed E-state index contributed by atoms with van der Waals surface area (Å²) in [5.74, 6) is 0.119. The van der Waals surface area contributed by atoms with Crippen LogP contribution in [0.15, 0.2) is 16.7 Å². The average molecular weight is 302 g/mol. The van der Waals surface area contributed by atoms with Crippen LogP contribution in [0.2, 0.25) is 0 Å². The lowest BCUT2D eigenvalue weighted by Gasteiger charge is -2.14. The number of nitrogens with zero attached hydrogens (tertiary/aromatic N) is 1. The maximum Gasteiger partial charge on any atom is 0.252 e. The summed E-state index contributed by atoms with van der Waals surface area (Å²) in [6, 6.07) is 1.48. The Kier molecular flexibility index (Phi) is 5.37. The number of nitrogens with two attached hydrogens (primary N) is 1. The van der Waals surface area contributed by atoms with Gasteiger partial charge in [0.15, 0.2) is 0 Å². The molecule has 0 fully saturated rings. The van der Waals surface area contributed by atoms with Gasteiger partial charge in [0.2, 0.25) is 0 Å². The SMILES string of the molecule is CCOCC(C)NC(=O)c1cc(N)ncc1Br. The van der Waals surface area contributed by atoms with E-state index in [2.05, 4.69) is 26.2 Å². The Morgan fingerprint density at radius 1 is 1.71 bits per heavy atom. The predicted molar refractivity (Wildman–Crippen MR) is 69.8 cm³/mol. The summed E-state index contributed by atoms with van der Waals surface area (Å²) in [5, 5.41) is 2.82. The number of carbonyl (C=O) groups excluding carboxylic acids is 1. The molecule has 1 heterocycles. The second-order valence-corrected chi connectivity index (χ2v) is 4.48. The zero-order valence-corrected chi connectivity index (χ0v) is 11.5. The van der Waals surface area contributed by atoms with E-state index in [1.807, 2.05) is 13.8 Å². The van der Waals surface area contributed by atoms with Crippen molar-refractivity contribution >= 4 is 27.7 Å². The van der Waals surface area contributed by atoms with Crippen LogP contribution < -0.4 is 11.1 Å². The second-order valence-electron chi connectivity index (χ2n) is 3.62. The molecule has 1 amide bonds. The Morgan fingerprint density at radius 3 is 3.06 bits per heavy atom.